The van der Waals surface area contributed by atoms with Crippen molar-refractivity contribution in [2.75, 3.05) is 6.61 Å². The lowest BCUT2D eigenvalue weighted by Gasteiger charge is -2.13. The van der Waals surface area contributed by atoms with Gasteiger partial charge in [-0.3, -0.25) is 0 Å². The number of hydrogen-bond donors (Lipinski definition) is 0. The Bertz CT molecular complexity index is 546. The lowest BCUT2D eigenvalue weighted by molar-refractivity contribution is 0.102. The Labute approximate surface area is 126 Å². The number of unbranched alkanes of at least 4 members (excludes halogenated alkanes) is 2. The van der Waals surface area contributed by atoms with Crippen LogP contribution in [0.3, 0.4) is 0 Å². The molecule has 0 spiro atoms. The summed E-state index contributed by atoms with van der Waals surface area (Å²) in [6.07, 6.45) is 6.21. The molecule has 1 saturated heterocycles. The zero-order valence-electron chi connectivity index (χ0n) is 12.0. The van der Waals surface area contributed by atoms with E-state index < -0.39 is 0 Å². The summed E-state index contributed by atoms with van der Waals surface area (Å²) in [6, 6.07) is 8.43. The fraction of sp³-hybridized carbons (Fsp3) is 0.562. The van der Waals surface area contributed by atoms with Crippen LogP contribution in [-0.2, 0) is 11.3 Å². The minimum absolute atomic E-state index is 0. The standard InChI is InChI=1S/C16H22N2O.ClH/c1-2-3-6-11-18-14-9-5-4-8-13(14)17-16(18)15-10-7-12-19-15;/h4-5,8-9,15H,2-3,6-7,10-12H2,1H3;1H. The molecule has 1 aliphatic heterocycles. The van der Waals surface area contributed by atoms with E-state index in [-0.39, 0.29) is 18.5 Å². The zero-order valence-corrected chi connectivity index (χ0v) is 12.9. The second kappa shape index (κ2) is 7.09. The molecule has 1 fully saturated rings. The third-order valence-electron chi connectivity index (χ3n) is 3.89. The summed E-state index contributed by atoms with van der Waals surface area (Å²) >= 11 is 0. The van der Waals surface area contributed by atoms with Crippen LogP contribution in [-0.4, -0.2) is 16.2 Å². The highest BCUT2D eigenvalue weighted by Crippen LogP contribution is 2.30. The van der Waals surface area contributed by atoms with Crippen LogP contribution in [0.5, 0.6) is 0 Å². The van der Waals surface area contributed by atoms with Gasteiger partial charge in [-0.1, -0.05) is 31.9 Å². The molecule has 2 aromatic rings. The minimum Gasteiger partial charge on any atom is -0.370 e. The fourth-order valence-electron chi connectivity index (χ4n) is 2.88. The first-order valence-electron chi connectivity index (χ1n) is 7.47. The number of nitrogens with zero attached hydrogens (tertiary/aromatic N) is 2. The van der Waals surface area contributed by atoms with Gasteiger partial charge in [0.1, 0.15) is 11.9 Å². The predicted octanol–water partition coefficient (Wildman–Crippen LogP) is 4.50. The van der Waals surface area contributed by atoms with Gasteiger partial charge in [0.05, 0.1) is 11.0 Å². The molecular formula is C16H23ClN2O. The average molecular weight is 295 g/mol. The van der Waals surface area contributed by atoms with Crippen LogP contribution in [0, 0.1) is 0 Å². The Kier molecular flexibility index (Phi) is 5.44. The van der Waals surface area contributed by atoms with Gasteiger partial charge >= 0.3 is 0 Å². The number of imidazole rings is 1. The molecular weight excluding hydrogens is 272 g/mol. The Morgan fingerprint density at radius 2 is 2.15 bits per heavy atom. The highest BCUT2D eigenvalue weighted by Gasteiger charge is 2.24. The van der Waals surface area contributed by atoms with Crippen LogP contribution in [0.15, 0.2) is 24.3 Å². The quantitative estimate of drug-likeness (QED) is 0.759. The van der Waals surface area contributed by atoms with E-state index in [1.807, 2.05) is 0 Å². The Hall–Kier alpha value is -1.06. The van der Waals surface area contributed by atoms with Crippen LogP contribution in [0.25, 0.3) is 11.0 Å². The van der Waals surface area contributed by atoms with Crippen molar-refractivity contribution in [1.29, 1.82) is 0 Å². The summed E-state index contributed by atoms with van der Waals surface area (Å²) in [5.41, 5.74) is 2.36. The molecule has 0 radical (unpaired) electrons. The van der Waals surface area contributed by atoms with E-state index in [0.29, 0.717) is 0 Å². The first-order chi connectivity index (χ1) is 9.40. The van der Waals surface area contributed by atoms with Crippen molar-refractivity contribution in [2.45, 2.75) is 51.7 Å². The second-order valence-corrected chi connectivity index (χ2v) is 5.32. The Morgan fingerprint density at radius 3 is 2.90 bits per heavy atom. The molecule has 1 aliphatic rings. The lowest BCUT2D eigenvalue weighted by Crippen LogP contribution is -2.08. The number of fused-ring (bicyclic) bond motifs is 1. The number of rotatable bonds is 5. The average Bonchev–Trinajstić information content (AvgIpc) is 3.06. The van der Waals surface area contributed by atoms with E-state index in [1.54, 1.807) is 0 Å². The van der Waals surface area contributed by atoms with Gasteiger partial charge in [-0.05, 0) is 31.4 Å². The Morgan fingerprint density at radius 1 is 1.30 bits per heavy atom. The first-order valence-corrected chi connectivity index (χ1v) is 7.47. The summed E-state index contributed by atoms with van der Waals surface area (Å²) in [7, 11) is 0. The van der Waals surface area contributed by atoms with Gasteiger partial charge in [-0.15, -0.1) is 12.4 Å². The molecule has 1 aromatic carbocycles. The monoisotopic (exact) mass is 294 g/mol. The summed E-state index contributed by atoms with van der Waals surface area (Å²) in [5, 5.41) is 0. The van der Waals surface area contributed by atoms with Gasteiger partial charge < -0.3 is 9.30 Å². The maximum absolute atomic E-state index is 5.83. The molecule has 2 heterocycles. The van der Waals surface area contributed by atoms with E-state index in [1.165, 1.54) is 24.8 Å². The number of ether oxygens (including phenoxy) is 1. The maximum Gasteiger partial charge on any atom is 0.139 e. The molecule has 0 amide bonds. The van der Waals surface area contributed by atoms with Crippen LogP contribution in [0.4, 0.5) is 0 Å². The van der Waals surface area contributed by atoms with Gasteiger partial charge in [0.15, 0.2) is 0 Å². The largest absolute Gasteiger partial charge is 0.370 e. The minimum atomic E-state index is 0. The smallest absolute Gasteiger partial charge is 0.139 e. The van der Waals surface area contributed by atoms with Crippen LogP contribution in [0.2, 0.25) is 0 Å². The molecule has 0 saturated carbocycles. The summed E-state index contributed by atoms with van der Waals surface area (Å²) in [6.45, 7) is 4.18. The SMILES string of the molecule is CCCCCn1c(C2CCCO2)nc2ccccc21.Cl. The van der Waals surface area contributed by atoms with Gasteiger partial charge in [0, 0.05) is 13.2 Å². The van der Waals surface area contributed by atoms with Crippen LogP contribution >= 0.6 is 12.4 Å². The molecule has 1 unspecified atom stereocenters. The number of aromatic nitrogens is 2. The molecule has 3 rings (SSSR count). The topological polar surface area (TPSA) is 27.1 Å². The highest BCUT2D eigenvalue weighted by atomic mass is 35.5. The normalized spacial score (nSPS) is 18.4. The third kappa shape index (κ3) is 2.99. The highest BCUT2D eigenvalue weighted by molar-refractivity contribution is 5.85. The summed E-state index contributed by atoms with van der Waals surface area (Å²) in [5.74, 6) is 1.13. The molecule has 3 nitrogen and oxygen atoms in total. The zero-order chi connectivity index (χ0) is 13.1. The second-order valence-electron chi connectivity index (χ2n) is 5.32. The summed E-state index contributed by atoms with van der Waals surface area (Å²) < 4.78 is 8.21. The molecule has 0 bridgehead atoms. The molecule has 1 atom stereocenters. The van der Waals surface area contributed by atoms with Crippen molar-refractivity contribution < 1.29 is 4.74 Å². The van der Waals surface area contributed by atoms with Crippen molar-refractivity contribution >= 4 is 23.4 Å². The van der Waals surface area contributed by atoms with E-state index in [0.717, 1.165) is 37.3 Å². The third-order valence-corrected chi connectivity index (χ3v) is 3.89. The van der Waals surface area contributed by atoms with E-state index in [9.17, 15) is 0 Å². The molecule has 110 valence electrons. The number of benzene rings is 1. The summed E-state index contributed by atoms with van der Waals surface area (Å²) in [4.78, 5) is 4.81. The maximum atomic E-state index is 5.83. The van der Waals surface area contributed by atoms with E-state index in [4.69, 9.17) is 9.72 Å². The van der Waals surface area contributed by atoms with Crippen LogP contribution in [0.1, 0.15) is 51.0 Å². The van der Waals surface area contributed by atoms with Crippen LogP contribution < -0.4 is 0 Å². The molecule has 20 heavy (non-hydrogen) atoms. The Balaban J connectivity index is 0.00000147. The molecule has 4 heteroatoms. The van der Waals surface area contributed by atoms with Gasteiger partial charge in [0.25, 0.3) is 0 Å². The van der Waals surface area contributed by atoms with Gasteiger partial charge in [-0.2, -0.15) is 0 Å². The number of hydrogen-bond acceptors (Lipinski definition) is 2. The van der Waals surface area contributed by atoms with Crippen molar-refractivity contribution in [1.82, 2.24) is 9.55 Å². The van der Waals surface area contributed by atoms with Crippen molar-refractivity contribution in [3.8, 4) is 0 Å². The predicted molar refractivity (Wildman–Crippen MR) is 84.4 cm³/mol. The van der Waals surface area contributed by atoms with Gasteiger partial charge in [-0.25, -0.2) is 4.98 Å². The number of para-hydroxylation sites is 2. The first kappa shape index (κ1) is 15.3. The van der Waals surface area contributed by atoms with Crippen molar-refractivity contribution in [3.63, 3.8) is 0 Å². The fourth-order valence-corrected chi connectivity index (χ4v) is 2.88. The van der Waals surface area contributed by atoms with Crippen molar-refractivity contribution in [2.24, 2.45) is 0 Å². The van der Waals surface area contributed by atoms with E-state index >= 15 is 0 Å². The molecule has 0 aliphatic carbocycles. The number of aryl methyl sites for hydroxylation is 1. The van der Waals surface area contributed by atoms with Crippen molar-refractivity contribution in [3.05, 3.63) is 30.1 Å². The lowest BCUT2D eigenvalue weighted by atomic mass is 10.2. The molecule has 1 aromatic heterocycles. The van der Waals surface area contributed by atoms with E-state index in [2.05, 4.69) is 35.8 Å². The molecule has 0 N–H and O–H groups in total. The number of halogens is 1. The van der Waals surface area contributed by atoms with Gasteiger partial charge in [0.2, 0.25) is 0 Å².